The first kappa shape index (κ1) is 19.9. The van der Waals surface area contributed by atoms with E-state index in [0.717, 1.165) is 29.3 Å². The summed E-state index contributed by atoms with van der Waals surface area (Å²) >= 11 is 0. The molecule has 1 fully saturated rings. The van der Waals surface area contributed by atoms with Gasteiger partial charge in [-0.1, -0.05) is 12.1 Å². The summed E-state index contributed by atoms with van der Waals surface area (Å²) in [5.74, 6) is 1.24. The maximum absolute atomic E-state index is 13.2. The Hall–Kier alpha value is -3.08. The first-order valence-electron chi connectivity index (χ1n) is 11.1. The van der Waals surface area contributed by atoms with Gasteiger partial charge in [0, 0.05) is 48.7 Å². The van der Waals surface area contributed by atoms with Crippen molar-refractivity contribution in [3.05, 3.63) is 64.8 Å². The number of piperidine rings is 1. The van der Waals surface area contributed by atoms with E-state index in [4.69, 9.17) is 4.74 Å². The van der Waals surface area contributed by atoms with Crippen LogP contribution < -0.4 is 4.74 Å². The number of likely N-dealkylation sites (tertiary alicyclic amines) is 1. The van der Waals surface area contributed by atoms with Gasteiger partial charge in [0.2, 0.25) is 0 Å². The molecule has 1 saturated heterocycles. The monoisotopic (exact) mass is 416 g/mol. The lowest BCUT2D eigenvalue weighted by atomic mass is 9.86. The predicted octanol–water partition coefficient (Wildman–Crippen LogP) is 4.68. The molecule has 1 atom stereocenters. The second-order valence-electron chi connectivity index (χ2n) is 8.91. The van der Waals surface area contributed by atoms with Crippen molar-refractivity contribution in [1.29, 1.82) is 0 Å². The molecule has 160 valence electrons. The lowest BCUT2D eigenvalue weighted by molar-refractivity contribution is 0.0452. The lowest BCUT2D eigenvalue weighted by Crippen LogP contribution is -2.44. The minimum absolute atomic E-state index is 0.0900. The largest absolute Gasteiger partial charge is 0.489 e. The van der Waals surface area contributed by atoms with E-state index in [-0.39, 0.29) is 17.8 Å². The van der Waals surface area contributed by atoms with Crippen molar-refractivity contribution >= 4 is 22.6 Å². The Morgan fingerprint density at radius 1 is 1.06 bits per heavy atom. The van der Waals surface area contributed by atoms with Gasteiger partial charge in [0.05, 0.1) is 5.56 Å². The zero-order valence-electron chi connectivity index (χ0n) is 18.4. The van der Waals surface area contributed by atoms with Crippen molar-refractivity contribution < 1.29 is 14.3 Å². The van der Waals surface area contributed by atoms with Gasteiger partial charge in [-0.2, -0.15) is 0 Å². The van der Waals surface area contributed by atoms with Crippen molar-refractivity contribution in [2.24, 2.45) is 13.0 Å². The quantitative estimate of drug-likeness (QED) is 0.609. The van der Waals surface area contributed by atoms with Crippen LogP contribution in [-0.4, -0.2) is 40.4 Å². The molecule has 31 heavy (non-hydrogen) atoms. The summed E-state index contributed by atoms with van der Waals surface area (Å²) in [4.78, 5) is 27.6. The molecule has 2 aromatic carbocycles. The van der Waals surface area contributed by atoms with Gasteiger partial charge in [0.25, 0.3) is 5.91 Å². The van der Waals surface area contributed by atoms with E-state index in [1.807, 2.05) is 47.4 Å². The minimum atomic E-state index is -0.0917. The van der Waals surface area contributed by atoms with Gasteiger partial charge in [-0.25, -0.2) is 0 Å². The van der Waals surface area contributed by atoms with E-state index < -0.39 is 0 Å². The Balaban J connectivity index is 1.28. The van der Waals surface area contributed by atoms with E-state index >= 15 is 0 Å². The summed E-state index contributed by atoms with van der Waals surface area (Å²) in [5.41, 5.74) is 5.05. The summed E-state index contributed by atoms with van der Waals surface area (Å²) in [6.45, 7) is 5.62. The van der Waals surface area contributed by atoms with Crippen molar-refractivity contribution in [3.8, 4) is 5.75 Å². The zero-order valence-corrected chi connectivity index (χ0v) is 18.4. The number of carbonyl (C=O) groups is 2. The van der Waals surface area contributed by atoms with Gasteiger partial charge in [-0.15, -0.1) is 0 Å². The summed E-state index contributed by atoms with van der Waals surface area (Å²) < 4.78 is 8.35. The van der Waals surface area contributed by atoms with Crippen LogP contribution in [0.4, 0.5) is 0 Å². The molecule has 2 aliphatic heterocycles. The molecular weight excluding hydrogens is 388 g/mol. The Kier molecular flexibility index (Phi) is 4.84. The molecule has 0 saturated carbocycles. The number of ketones is 1. The molecule has 0 bridgehead atoms. The highest BCUT2D eigenvalue weighted by molar-refractivity contribution is 6.00. The Morgan fingerprint density at radius 2 is 1.81 bits per heavy atom. The van der Waals surface area contributed by atoms with Crippen LogP contribution >= 0.6 is 0 Å². The summed E-state index contributed by atoms with van der Waals surface area (Å²) in [6.07, 6.45) is 2.06. The second-order valence-corrected chi connectivity index (χ2v) is 8.91. The zero-order chi connectivity index (χ0) is 21.7. The minimum Gasteiger partial charge on any atom is -0.489 e. The lowest BCUT2D eigenvalue weighted by Gasteiger charge is -2.37. The van der Waals surface area contributed by atoms with Crippen LogP contribution in [-0.2, 0) is 7.05 Å². The molecule has 5 rings (SSSR count). The highest BCUT2D eigenvalue weighted by atomic mass is 16.5. The predicted molar refractivity (Wildman–Crippen MR) is 121 cm³/mol. The fraction of sp³-hybridized carbons (Fsp3) is 0.385. The highest BCUT2D eigenvalue weighted by Gasteiger charge is 2.35. The van der Waals surface area contributed by atoms with Crippen LogP contribution in [0.2, 0.25) is 0 Å². The number of nitrogens with zero attached hydrogens (tertiary/aromatic N) is 2. The number of para-hydroxylation sites is 1. The first-order chi connectivity index (χ1) is 14.9. The smallest absolute Gasteiger partial charge is 0.253 e. The fourth-order valence-corrected chi connectivity index (χ4v) is 5.11. The number of aryl methyl sites for hydroxylation is 2. The molecule has 2 aliphatic rings. The maximum atomic E-state index is 13.2. The van der Waals surface area contributed by atoms with Crippen molar-refractivity contribution in [2.45, 2.75) is 39.2 Å². The fourth-order valence-electron chi connectivity index (χ4n) is 5.11. The van der Waals surface area contributed by atoms with Gasteiger partial charge in [0.1, 0.15) is 11.9 Å². The molecule has 3 aromatic rings. The van der Waals surface area contributed by atoms with E-state index in [9.17, 15) is 9.59 Å². The number of ether oxygens (including phenoxy) is 1. The van der Waals surface area contributed by atoms with E-state index in [2.05, 4.69) is 25.5 Å². The number of Topliss-reactive ketones (excluding diaryl/α,β-unsaturated/α-hetero) is 1. The Labute approximate surface area is 182 Å². The summed E-state index contributed by atoms with van der Waals surface area (Å²) in [6, 6.07) is 13.5. The van der Waals surface area contributed by atoms with Gasteiger partial charge in [0.15, 0.2) is 5.78 Å². The number of hydrogen-bond acceptors (Lipinski definition) is 3. The van der Waals surface area contributed by atoms with Crippen molar-refractivity contribution in [2.75, 3.05) is 13.1 Å². The molecular formula is C26H28N2O3. The third-order valence-corrected chi connectivity index (χ3v) is 7.26. The topological polar surface area (TPSA) is 51.5 Å². The summed E-state index contributed by atoms with van der Waals surface area (Å²) in [7, 11) is 2.06. The number of hydrogen-bond donors (Lipinski definition) is 0. The van der Waals surface area contributed by atoms with Gasteiger partial charge in [-0.05, 0) is 68.5 Å². The van der Waals surface area contributed by atoms with Crippen molar-refractivity contribution in [1.82, 2.24) is 9.47 Å². The van der Waals surface area contributed by atoms with Crippen LogP contribution in [0.15, 0.2) is 42.5 Å². The molecule has 3 heterocycles. The molecule has 5 nitrogen and oxygen atoms in total. The van der Waals surface area contributed by atoms with Crippen LogP contribution in [0.25, 0.3) is 10.9 Å². The van der Waals surface area contributed by atoms with Crippen LogP contribution in [0.1, 0.15) is 51.2 Å². The third kappa shape index (κ3) is 3.32. The standard InChI is InChI=1S/C26H28N2O3/c1-16-17(2)27(3)22-9-8-19(14-21(16)22)26(30)28-12-10-18(11-13-28)25-15-23(29)20-6-4-5-7-24(20)31-25/h4-9,14,18,25H,10-13,15H2,1-3H3/t25-/m0/s1. The van der Waals surface area contributed by atoms with E-state index in [1.165, 1.54) is 11.3 Å². The Bertz CT molecular complexity index is 1180. The highest BCUT2D eigenvalue weighted by Crippen LogP contribution is 2.34. The molecule has 1 aromatic heterocycles. The molecule has 0 spiro atoms. The first-order valence-corrected chi connectivity index (χ1v) is 11.1. The number of benzene rings is 2. The maximum Gasteiger partial charge on any atom is 0.253 e. The molecule has 0 radical (unpaired) electrons. The molecule has 0 N–H and O–H groups in total. The molecule has 0 aliphatic carbocycles. The molecule has 0 unspecified atom stereocenters. The normalized spacial score (nSPS) is 19.4. The van der Waals surface area contributed by atoms with Crippen LogP contribution in [0.5, 0.6) is 5.75 Å². The average Bonchev–Trinajstić information content (AvgIpc) is 3.02. The molecule has 5 heteroatoms. The summed E-state index contributed by atoms with van der Waals surface area (Å²) in [5, 5.41) is 1.15. The number of carbonyl (C=O) groups excluding carboxylic acids is 2. The Morgan fingerprint density at radius 3 is 2.58 bits per heavy atom. The van der Waals surface area contributed by atoms with Crippen molar-refractivity contribution in [3.63, 3.8) is 0 Å². The number of amides is 1. The average molecular weight is 417 g/mol. The van der Waals surface area contributed by atoms with Gasteiger partial charge in [-0.3, -0.25) is 9.59 Å². The van der Waals surface area contributed by atoms with Crippen LogP contribution in [0, 0.1) is 19.8 Å². The van der Waals surface area contributed by atoms with E-state index in [1.54, 1.807) is 0 Å². The number of aromatic nitrogens is 1. The second kappa shape index (κ2) is 7.56. The SMILES string of the molecule is Cc1c(C)n(C)c2ccc(C(=O)N3CCC([C@@H]4CC(=O)c5ccccc5O4)CC3)cc12. The van der Waals surface area contributed by atoms with E-state index in [0.29, 0.717) is 36.7 Å². The van der Waals surface area contributed by atoms with Crippen LogP contribution in [0.3, 0.4) is 0 Å². The third-order valence-electron chi connectivity index (χ3n) is 7.26. The van der Waals surface area contributed by atoms with Gasteiger partial charge < -0.3 is 14.2 Å². The number of fused-ring (bicyclic) bond motifs is 2. The molecule has 1 amide bonds. The number of rotatable bonds is 2. The van der Waals surface area contributed by atoms with Gasteiger partial charge >= 0.3 is 0 Å².